The van der Waals surface area contributed by atoms with Crippen molar-refractivity contribution in [2.75, 3.05) is 5.75 Å². The molecule has 0 unspecified atom stereocenters. The summed E-state index contributed by atoms with van der Waals surface area (Å²) < 4.78 is 0. The molecule has 0 aliphatic heterocycles. The molecular weight excluding hydrogens is 178 g/mol. The Kier molecular flexibility index (Phi) is 4.60. The van der Waals surface area contributed by atoms with E-state index in [1.54, 1.807) is 0 Å². The predicted octanol–water partition coefficient (Wildman–Crippen LogP) is 3.18. The molecule has 2 heteroatoms. The molecule has 0 bridgehead atoms. The van der Waals surface area contributed by atoms with E-state index < -0.39 is 0 Å². The third-order valence-electron chi connectivity index (χ3n) is 2.65. The molecule has 0 aromatic carbocycles. The second-order valence-corrected chi connectivity index (χ2v) is 6.28. The Hall–Kier alpha value is 0.310. The van der Waals surface area contributed by atoms with Gasteiger partial charge in [-0.25, -0.2) is 0 Å². The van der Waals surface area contributed by atoms with Crippen molar-refractivity contribution in [1.82, 2.24) is 0 Å². The average molecular weight is 201 g/mol. The lowest BCUT2D eigenvalue weighted by Crippen LogP contribution is -2.32. The van der Waals surface area contributed by atoms with Crippen molar-refractivity contribution < 1.29 is 0 Å². The van der Waals surface area contributed by atoms with Gasteiger partial charge in [0.2, 0.25) is 0 Å². The van der Waals surface area contributed by atoms with Crippen molar-refractivity contribution in [3.63, 3.8) is 0 Å². The van der Waals surface area contributed by atoms with Gasteiger partial charge < -0.3 is 5.73 Å². The quantitative estimate of drug-likeness (QED) is 0.756. The molecule has 0 aromatic rings. The molecule has 0 spiro atoms. The van der Waals surface area contributed by atoms with Crippen LogP contribution in [0.15, 0.2) is 0 Å². The molecule has 1 aliphatic rings. The Morgan fingerprint density at radius 1 is 1.23 bits per heavy atom. The Morgan fingerprint density at radius 3 is 2.38 bits per heavy atom. The maximum absolute atomic E-state index is 5.94. The van der Waals surface area contributed by atoms with Crippen LogP contribution < -0.4 is 5.73 Å². The van der Waals surface area contributed by atoms with Gasteiger partial charge in [-0.05, 0) is 38.9 Å². The fourth-order valence-electron chi connectivity index (χ4n) is 1.72. The fraction of sp³-hybridized carbons (Fsp3) is 1.00. The van der Waals surface area contributed by atoms with Crippen molar-refractivity contribution in [3.05, 3.63) is 0 Å². The van der Waals surface area contributed by atoms with Crippen LogP contribution in [-0.2, 0) is 0 Å². The number of hydrogen-bond acceptors (Lipinski definition) is 2. The zero-order valence-corrected chi connectivity index (χ0v) is 9.83. The molecule has 13 heavy (non-hydrogen) atoms. The first-order chi connectivity index (χ1) is 6.08. The average Bonchev–Trinajstić information content (AvgIpc) is 2.04. The summed E-state index contributed by atoms with van der Waals surface area (Å²) in [6.45, 7) is 4.24. The van der Waals surface area contributed by atoms with E-state index in [0.29, 0.717) is 0 Å². The lowest BCUT2D eigenvalue weighted by Gasteiger charge is -2.23. The van der Waals surface area contributed by atoms with Gasteiger partial charge in [0.15, 0.2) is 0 Å². The van der Waals surface area contributed by atoms with Crippen molar-refractivity contribution in [2.45, 2.75) is 63.2 Å². The largest absolute Gasteiger partial charge is 0.326 e. The highest BCUT2D eigenvalue weighted by Gasteiger charge is 2.15. The zero-order valence-electron chi connectivity index (χ0n) is 9.01. The summed E-state index contributed by atoms with van der Waals surface area (Å²) in [4.78, 5) is 0. The Balaban J connectivity index is 2.04. The molecule has 2 N–H and O–H groups in total. The van der Waals surface area contributed by atoms with Crippen molar-refractivity contribution >= 4 is 11.8 Å². The summed E-state index contributed by atoms with van der Waals surface area (Å²) >= 11 is 2.14. The van der Waals surface area contributed by atoms with E-state index in [0.717, 1.165) is 11.7 Å². The number of thioether (sulfide) groups is 1. The molecule has 1 nitrogen and oxygen atoms in total. The van der Waals surface area contributed by atoms with E-state index in [2.05, 4.69) is 25.6 Å². The van der Waals surface area contributed by atoms with Crippen LogP contribution in [0.5, 0.6) is 0 Å². The Morgan fingerprint density at radius 2 is 1.85 bits per heavy atom. The number of hydrogen-bond donors (Lipinski definition) is 1. The monoisotopic (exact) mass is 201 g/mol. The minimum Gasteiger partial charge on any atom is -0.326 e. The van der Waals surface area contributed by atoms with Gasteiger partial charge >= 0.3 is 0 Å². The van der Waals surface area contributed by atoms with Crippen LogP contribution >= 0.6 is 11.8 Å². The van der Waals surface area contributed by atoms with Gasteiger partial charge in [-0.1, -0.05) is 19.3 Å². The Labute approximate surface area is 86.8 Å². The van der Waals surface area contributed by atoms with Gasteiger partial charge in [-0.15, -0.1) is 0 Å². The van der Waals surface area contributed by atoms with Crippen molar-refractivity contribution in [1.29, 1.82) is 0 Å². The lowest BCUT2D eigenvalue weighted by atomic mass is 10.0. The standard InChI is InChI=1S/C11H23NS/c1-11(2,12)8-9-13-10-6-4-3-5-7-10/h10H,3-9,12H2,1-2H3. The van der Waals surface area contributed by atoms with E-state index in [4.69, 9.17) is 5.73 Å². The molecule has 1 rings (SSSR count). The highest BCUT2D eigenvalue weighted by Crippen LogP contribution is 2.29. The van der Waals surface area contributed by atoms with E-state index in [1.807, 2.05) is 0 Å². The van der Waals surface area contributed by atoms with E-state index in [9.17, 15) is 0 Å². The van der Waals surface area contributed by atoms with E-state index in [-0.39, 0.29) is 5.54 Å². The molecule has 0 heterocycles. The molecule has 0 amide bonds. The first-order valence-electron chi connectivity index (χ1n) is 5.48. The first-order valence-corrected chi connectivity index (χ1v) is 6.53. The summed E-state index contributed by atoms with van der Waals surface area (Å²) in [5.74, 6) is 1.24. The summed E-state index contributed by atoms with van der Waals surface area (Å²) in [6.07, 6.45) is 8.38. The SMILES string of the molecule is CC(C)(N)CCSC1CCCCC1. The smallest absolute Gasteiger partial charge is 0.0105 e. The molecule has 78 valence electrons. The maximum Gasteiger partial charge on any atom is 0.0105 e. The van der Waals surface area contributed by atoms with Gasteiger partial charge in [-0.2, -0.15) is 11.8 Å². The third-order valence-corrected chi connectivity index (χ3v) is 4.03. The van der Waals surface area contributed by atoms with Crippen LogP contribution in [0.4, 0.5) is 0 Å². The van der Waals surface area contributed by atoms with Crippen LogP contribution in [0.25, 0.3) is 0 Å². The van der Waals surface area contributed by atoms with Crippen LogP contribution in [0.2, 0.25) is 0 Å². The topological polar surface area (TPSA) is 26.0 Å². The van der Waals surface area contributed by atoms with Gasteiger partial charge in [-0.3, -0.25) is 0 Å². The fourth-order valence-corrected chi connectivity index (χ4v) is 3.36. The van der Waals surface area contributed by atoms with Gasteiger partial charge in [0, 0.05) is 10.8 Å². The normalized spacial score (nSPS) is 20.5. The van der Waals surface area contributed by atoms with Gasteiger partial charge in [0.05, 0.1) is 0 Å². The van der Waals surface area contributed by atoms with Crippen LogP contribution in [0, 0.1) is 0 Å². The van der Waals surface area contributed by atoms with E-state index >= 15 is 0 Å². The molecule has 1 saturated carbocycles. The summed E-state index contributed by atoms with van der Waals surface area (Å²) in [5, 5.41) is 0.941. The second kappa shape index (κ2) is 5.26. The Bertz CT molecular complexity index is 134. The maximum atomic E-state index is 5.94. The molecule has 0 aromatic heterocycles. The van der Waals surface area contributed by atoms with Crippen LogP contribution in [0.1, 0.15) is 52.4 Å². The highest BCUT2D eigenvalue weighted by molar-refractivity contribution is 7.99. The molecule has 0 atom stereocenters. The number of rotatable bonds is 4. The van der Waals surface area contributed by atoms with Crippen molar-refractivity contribution in [3.8, 4) is 0 Å². The minimum atomic E-state index is 0.0294. The molecule has 0 saturated heterocycles. The summed E-state index contributed by atoms with van der Waals surface area (Å²) in [5.41, 5.74) is 5.97. The summed E-state index contributed by atoms with van der Waals surface area (Å²) in [7, 11) is 0. The second-order valence-electron chi connectivity index (χ2n) is 4.87. The summed E-state index contributed by atoms with van der Waals surface area (Å²) in [6, 6.07) is 0. The number of nitrogens with two attached hydrogens (primary N) is 1. The third kappa shape index (κ3) is 5.58. The predicted molar refractivity (Wildman–Crippen MR) is 62.2 cm³/mol. The first kappa shape index (κ1) is 11.4. The minimum absolute atomic E-state index is 0.0294. The molecule has 1 aliphatic carbocycles. The molecular formula is C11H23NS. The van der Waals surface area contributed by atoms with Crippen LogP contribution in [0.3, 0.4) is 0 Å². The molecule has 0 radical (unpaired) electrons. The van der Waals surface area contributed by atoms with Gasteiger partial charge in [0.1, 0.15) is 0 Å². The highest BCUT2D eigenvalue weighted by atomic mass is 32.2. The molecule has 1 fully saturated rings. The van der Waals surface area contributed by atoms with Gasteiger partial charge in [0.25, 0.3) is 0 Å². The van der Waals surface area contributed by atoms with E-state index in [1.165, 1.54) is 37.9 Å². The van der Waals surface area contributed by atoms with Crippen LogP contribution in [-0.4, -0.2) is 16.5 Å². The lowest BCUT2D eigenvalue weighted by molar-refractivity contribution is 0.499. The van der Waals surface area contributed by atoms with Crippen molar-refractivity contribution in [2.24, 2.45) is 5.73 Å². The zero-order chi connectivity index (χ0) is 9.73.